The van der Waals surface area contributed by atoms with E-state index in [0.717, 1.165) is 32.5 Å². The number of hydrogen-bond acceptors (Lipinski definition) is 4. The predicted molar refractivity (Wildman–Crippen MR) is 91.8 cm³/mol. The monoisotopic (exact) mass is 344 g/mol. The first-order valence-electron chi connectivity index (χ1n) is 9.02. The maximum absolute atomic E-state index is 11.8. The number of likely N-dealkylation sites (tertiary alicyclic amines) is 1. The minimum absolute atomic E-state index is 0.00484. The summed E-state index contributed by atoms with van der Waals surface area (Å²) in [6.45, 7) is 12.3. The minimum Gasteiger partial charge on any atom is -0.370 e. The molecule has 0 aromatic rings. The smallest absolute Gasteiger partial charge is 0.211 e. The van der Waals surface area contributed by atoms with Crippen molar-refractivity contribution in [2.24, 2.45) is 17.3 Å². The lowest BCUT2D eigenvalue weighted by Crippen LogP contribution is -2.42. The van der Waals surface area contributed by atoms with Crippen LogP contribution in [0.1, 0.15) is 47.0 Å². The third kappa shape index (κ3) is 3.60. The maximum Gasteiger partial charge on any atom is 0.211 e. The summed E-state index contributed by atoms with van der Waals surface area (Å²) >= 11 is 0. The number of nitrogens with one attached hydrogen (secondary N) is 1. The van der Waals surface area contributed by atoms with E-state index in [-0.39, 0.29) is 17.5 Å². The second-order valence-corrected chi connectivity index (χ2v) is 10.9. The highest BCUT2D eigenvalue weighted by atomic mass is 32.2. The molecule has 4 atom stereocenters. The van der Waals surface area contributed by atoms with Gasteiger partial charge in [-0.3, -0.25) is 0 Å². The van der Waals surface area contributed by atoms with Crippen molar-refractivity contribution in [2.75, 3.05) is 31.9 Å². The Morgan fingerprint density at radius 3 is 2.74 bits per heavy atom. The average Bonchev–Trinajstić information content (AvgIpc) is 3.09. The van der Waals surface area contributed by atoms with Gasteiger partial charge in [0.05, 0.1) is 17.5 Å². The Morgan fingerprint density at radius 1 is 1.35 bits per heavy atom. The van der Waals surface area contributed by atoms with Gasteiger partial charge in [0.1, 0.15) is 0 Å². The van der Waals surface area contributed by atoms with Crippen LogP contribution in [0.2, 0.25) is 0 Å². The first-order chi connectivity index (χ1) is 10.6. The lowest BCUT2D eigenvalue weighted by atomic mass is 9.74. The standard InChI is InChI=1S/C17H32N2O3S/c1-5-23(20,21)18-10-13-14-11-19(9-8-16(2,3)4)12-17(14)7-6-15(13)22-17/h13-15,18H,5-12H2,1-4H3/t13-,14+,15+,17+/m0/s1. The molecule has 1 N–H and O–H groups in total. The third-order valence-electron chi connectivity index (χ3n) is 5.95. The molecule has 0 aliphatic carbocycles. The van der Waals surface area contributed by atoms with Crippen molar-refractivity contribution in [2.45, 2.75) is 58.7 Å². The van der Waals surface area contributed by atoms with Crippen molar-refractivity contribution in [1.29, 1.82) is 0 Å². The van der Waals surface area contributed by atoms with Gasteiger partial charge in [-0.1, -0.05) is 20.8 Å². The van der Waals surface area contributed by atoms with Gasteiger partial charge in [0, 0.05) is 31.5 Å². The Hall–Kier alpha value is -0.170. The van der Waals surface area contributed by atoms with E-state index in [1.807, 2.05) is 0 Å². The number of fused-ring (bicyclic) bond motifs is 1. The molecule has 0 unspecified atom stereocenters. The molecule has 3 heterocycles. The molecule has 6 heteroatoms. The third-order valence-corrected chi connectivity index (χ3v) is 7.32. The summed E-state index contributed by atoms with van der Waals surface area (Å²) in [5.74, 6) is 0.976. The minimum atomic E-state index is -3.12. The predicted octanol–water partition coefficient (Wildman–Crippen LogP) is 1.84. The Balaban J connectivity index is 1.62. The molecule has 5 nitrogen and oxygen atoms in total. The van der Waals surface area contributed by atoms with Crippen LogP contribution in [0, 0.1) is 17.3 Å². The van der Waals surface area contributed by atoms with Gasteiger partial charge in [-0.25, -0.2) is 13.1 Å². The molecule has 0 aromatic carbocycles. The summed E-state index contributed by atoms with van der Waals surface area (Å²) in [7, 11) is -3.12. The Morgan fingerprint density at radius 2 is 2.09 bits per heavy atom. The fourth-order valence-electron chi connectivity index (χ4n) is 4.55. The molecule has 0 amide bonds. The SMILES string of the molecule is CCS(=O)(=O)NC[C@H]1[C@H]2CN(CCC(C)(C)C)C[C@]23CC[C@H]1O3. The van der Waals surface area contributed by atoms with Gasteiger partial charge in [0.2, 0.25) is 10.0 Å². The molecule has 3 saturated heterocycles. The zero-order valence-electron chi connectivity index (χ0n) is 15.0. The summed E-state index contributed by atoms with van der Waals surface area (Å²) in [6.07, 6.45) is 3.67. The molecule has 23 heavy (non-hydrogen) atoms. The van der Waals surface area contributed by atoms with Crippen LogP contribution in [0.5, 0.6) is 0 Å². The molecule has 134 valence electrons. The lowest BCUT2D eigenvalue weighted by molar-refractivity contribution is 0.00215. The molecule has 3 aliphatic rings. The molecule has 3 rings (SSSR count). The Bertz CT molecular complexity index is 543. The number of nitrogens with zero attached hydrogens (tertiary/aromatic N) is 1. The van der Waals surface area contributed by atoms with Gasteiger partial charge in [-0.05, 0) is 38.1 Å². The fraction of sp³-hybridized carbons (Fsp3) is 1.00. The van der Waals surface area contributed by atoms with Gasteiger partial charge >= 0.3 is 0 Å². The van der Waals surface area contributed by atoms with Crippen molar-refractivity contribution in [3.63, 3.8) is 0 Å². The number of sulfonamides is 1. The van der Waals surface area contributed by atoms with Gasteiger partial charge in [-0.15, -0.1) is 0 Å². The van der Waals surface area contributed by atoms with E-state index in [9.17, 15) is 8.42 Å². The Kier molecular flexibility index (Phi) is 4.58. The normalized spacial score (nSPS) is 37.5. The van der Waals surface area contributed by atoms with Gasteiger partial charge in [0.15, 0.2) is 0 Å². The molecule has 0 aromatic heterocycles. The summed E-state index contributed by atoms with van der Waals surface area (Å²) in [5, 5.41) is 0. The van der Waals surface area contributed by atoms with Crippen LogP contribution in [0.4, 0.5) is 0 Å². The molecule has 1 spiro atoms. The molecule has 3 fully saturated rings. The zero-order valence-corrected chi connectivity index (χ0v) is 15.8. The van der Waals surface area contributed by atoms with Crippen LogP contribution in [-0.2, 0) is 14.8 Å². The second-order valence-electron chi connectivity index (χ2n) is 8.83. The summed E-state index contributed by atoms with van der Waals surface area (Å²) < 4.78 is 32.7. The summed E-state index contributed by atoms with van der Waals surface area (Å²) in [5.41, 5.74) is 0.357. The quantitative estimate of drug-likeness (QED) is 0.799. The van der Waals surface area contributed by atoms with Crippen LogP contribution in [0.25, 0.3) is 0 Å². The molecular formula is C17H32N2O3S. The second kappa shape index (κ2) is 5.97. The van der Waals surface area contributed by atoms with E-state index in [1.165, 1.54) is 6.42 Å². The van der Waals surface area contributed by atoms with Gasteiger partial charge in [0.25, 0.3) is 0 Å². The largest absolute Gasteiger partial charge is 0.370 e. The van der Waals surface area contributed by atoms with Crippen molar-refractivity contribution in [3.8, 4) is 0 Å². The van der Waals surface area contributed by atoms with Crippen LogP contribution in [0.3, 0.4) is 0 Å². The number of ether oxygens (including phenoxy) is 1. The zero-order chi connectivity index (χ0) is 16.9. The number of rotatable bonds is 6. The fourth-order valence-corrected chi connectivity index (χ4v) is 5.20. The highest BCUT2D eigenvalue weighted by Gasteiger charge is 2.62. The van der Waals surface area contributed by atoms with E-state index in [0.29, 0.717) is 23.8 Å². The first kappa shape index (κ1) is 17.6. The maximum atomic E-state index is 11.8. The van der Waals surface area contributed by atoms with Crippen LogP contribution in [-0.4, -0.2) is 57.0 Å². The van der Waals surface area contributed by atoms with E-state index in [4.69, 9.17) is 4.74 Å². The Labute approximate surface area is 141 Å². The summed E-state index contributed by atoms with van der Waals surface area (Å²) in [6, 6.07) is 0. The van der Waals surface area contributed by atoms with Gasteiger partial charge in [-0.2, -0.15) is 0 Å². The van der Waals surface area contributed by atoms with Crippen molar-refractivity contribution in [3.05, 3.63) is 0 Å². The van der Waals surface area contributed by atoms with Crippen molar-refractivity contribution in [1.82, 2.24) is 9.62 Å². The van der Waals surface area contributed by atoms with Crippen molar-refractivity contribution >= 4 is 10.0 Å². The highest BCUT2D eigenvalue weighted by molar-refractivity contribution is 7.89. The molecule has 2 bridgehead atoms. The van der Waals surface area contributed by atoms with Crippen LogP contribution < -0.4 is 4.72 Å². The summed E-state index contributed by atoms with van der Waals surface area (Å²) in [4.78, 5) is 2.54. The molecule has 3 aliphatic heterocycles. The van der Waals surface area contributed by atoms with Crippen molar-refractivity contribution < 1.29 is 13.2 Å². The van der Waals surface area contributed by atoms with E-state index in [2.05, 4.69) is 30.4 Å². The number of hydrogen-bond donors (Lipinski definition) is 1. The molecule has 0 saturated carbocycles. The molecular weight excluding hydrogens is 312 g/mol. The highest BCUT2D eigenvalue weighted by Crippen LogP contribution is 2.54. The van der Waals surface area contributed by atoms with E-state index in [1.54, 1.807) is 6.92 Å². The molecule has 0 radical (unpaired) electrons. The average molecular weight is 345 g/mol. The van der Waals surface area contributed by atoms with E-state index >= 15 is 0 Å². The van der Waals surface area contributed by atoms with Gasteiger partial charge < -0.3 is 9.64 Å². The van der Waals surface area contributed by atoms with Crippen LogP contribution in [0.15, 0.2) is 0 Å². The lowest BCUT2D eigenvalue weighted by Gasteiger charge is -2.29. The topological polar surface area (TPSA) is 58.6 Å². The van der Waals surface area contributed by atoms with E-state index < -0.39 is 10.0 Å². The van der Waals surface area contributed by atoms with Crippen LogP contribution >= 0.6 is 0 Å². The first-order valence-corrected chi connectivity index (χ1v) is 10.7.